The van der Waals surface area contributed by atoms with Crippen molar-refractivity contribution in [3.05, 3.63) is 62.1 Å². The zero-order chi connectivity index (χ0) is 15.6. The van der Waals surface area contributed by atoms with E-state index < -0.39 is 4.92 Å². The highest BCUT2D eigenvalue weighted by Gasteiger charge is 2.18. The van der Waals surface area contributed by atoms with Crippen LogP contribution in [0.15, 0.2) is 40.9 Å². The summed E-state index contributed by atoms with van der Waals surface area (Å²) in [7, 11) is 0. The van der Waals surface area contributed by atoms with Gasteiger partial charge in [-0.15, -0.1) is 0 Å². The number of halogens is 1. The van der Waals surface area contributed by atoms with Crippen molar-refractivity contribution in [2.24, 2.45) is 0 Å². The highest BCUT2D eigenvalue weighted by molar-refractivity contribution is 9.10. The number of nitro benzene ring substituents is 1. The lowest BCUT2D eigenvalue weighted by Gasteiger charge is -2.17. The van der Waals surface area contributed by atoms with Crippen molar-refractivity contribution in [1.29, 1.82) is 0 Å². The van der Waals surface area contributed by atoms with Crippen LogP contribution in [-0.2, 0) is 0 Å². The molecule has 110 valence electrons. The lowest BCUT2D eigenvalue weighted by Crippen LogP contribution is -2.09. The molecule has 0 aliphatic rings. The molecule has 0 heterocycles. The van der Waals surface area contributed by atoms with E-state index in [1.165, 1.54) is 6.07 Å². The SMILES string of the molecule is Cc1ccc(O)c(C(C)Nc2ccc(Br)cc2[N+](=O)[O-])c1. The molecular formula is C15H15BrN2O3. The lowest BCUT2D eigenvalue weighted by molar-refractivity contribution is -0.384. The van der Waals surface area contributed by atoms with Crippen LogP contribution in [-0.4, -0.2) is 10.0 Å². The van der Waals surface area contributed by atoms with E-state index in [4.69, 9.17) is 0 Å². The number of phenols is 1. The number of nitro groups is 1. The third-order valence-electron chi connectivity index (χ3n) is 3.18. The van der Waals surface area contributed by atoms with Gasteiger partial charge in [-0.2, -0.15) is 0 Å². The zero-order valence-corrected chi connectivity index (χ0v) is 13.2. The summed E-state index contributed by atoms with van der Waals surface area (Å²) in [5, 5.41) is 24.1. The molecular weight excluding hydrogens is 336 g/mol. The van der Waals surface area contributed by atoms with Gasteiger partial charge in [0.2, 0.25) is 0 Å². The number of hydrogen-bond donors (Lipinski definition) is 2. The molecule has 0 saturated heterocycles. The van der Waals surface area contributed by atoms with Crippen molar-refractivity contribution in [3.8, 4) is 5.75 Å². The molecule has 0 aliphatic carbocycles. The Bertz CT molecular complexity index is 689. The minimum absolute atomic E-state index is 0.0108. The Morgan fingerprint density at radius 1 is 1.29 bits per heavy atom. The first kappa shape index (κ1) is 15.3. The Labute approximate surface area is 130 Å². The monoisotopic (exact) mass is 350 g/mol. The van der Waals surface area contributed by atoms with E-state index in [1.807, 2.05) is 26.0 Å². The maximum Gasteiger partial charge on any atom is 0.293 e. The summed E-state index contributed by atoms with van der Waals surface area (Å²) in [6.07, 6.45) is 0. The van der Waals surface area contributed by atoms with Crippen LogP contribution in [0, 0.1) is 17.0 Å². The first-order valence-electron chi connectivity index (χ1n) is 6.38. The molecule has 0 spiro atoms. The molecule has 2 aromatic carbocycles. The van der Waals surface area contributed by atoms with Crippen LogP contribution < -0.4 is 5.32 Å². The summed E-state index contributed by atoms with van der Waals surface area (Å²) in [6.45, 7) is 3.78. The molecule has 0 radical (unpaired) electrons. The number of aryl methyl sites for hydroxylation is 1. The third kappa shape index (κ3) is 3.52. The van der Waals surface area contributed by atoms with E-state index in [2.05, 4.69) is 21.2 Å². The average molecular weight is 351 g/mol. The van der Waals surface area contributed by atoms with Crippen molar-refractivity contribution in [2.75, 3.05) is 5.32 Å². The van der Waals surface area contributed by atoms with E-state index >= 15 is 0 Å². The molecule has 0 aromatic heterocycles. The standard InChI is InChI=1S/C15H15BrN2O3/c1-9-3-6-15(19)12(7-9)10(2)17-13-5-4-11(16)8-14(13)18(20)21/h3-8,10,17,19H,1-2H3. The summed E-state index contributed by atoms with van der Waals surface area (Å²) in [6, 6.07) is 9.86. The van der Waals surface area contributed by atoms with Crippen molar-refractivity contribution in [3.63, 3.8) is 0 Å². The molecule has 0 saturated carbocycles. The number of phenolic OH excluding ortho intramolecular Hbond substituents is 1. The number of nitrogens with zero attached hydrogens (tertiary/aromatic N) is 1. The first-order chi connectivity index (χ1) is 9.88. The number of rotatable bonds is 4. The maximum atomic E-state index is 11.1. The quantitative estimate of drug-likeness (QED) is 0.626. The fraction of sp³-hybridized carbons (Fsp3) is 0.200. The summed E-state index contributed by atoms with van der Waals surface area (Å²) >= 11 is 3.22. The van der Waals surface area contributed by atoms with Crippen LogP contribution in [0.3, 0.4) is 0 Å². The summed E-state index contributed by atoms with van der Waals surface area (Å²) in [4.78, 5) is 10.7. The first-order valence-corrected chi connectivity index (χ1v) is 7.18. The van der Waals surface area contributed by atoms with Gasteiger partial charge < -0.3 is 10.4 Å². The van der Waals surface area contributed by atoms with Gasteiger partial charge in [0.25, 0.3) is 5.69 Å². The lowest BCUT2D eigenvalue weighted by atomic mass is 10.0. The van der Waals surface area contributed by atoms with Gasteiger partial charge in [0.15, 0.2) is 0 Å². The molecule has 2 N–H and O–H groups in total. The third-order valence-corrected chi connectivity index (χ3v) is 3.67. The molecule has 0 fully saturated rings. The van der Waals surface area contributed by atoms with Crippen LogP contribution in [0.5, 0.6) is 5.75 Å². The molecule has 6 heteroatoms. The number of anilines is 1. The van der Waals surface area contributed by atoms with Crippen LogP contribution in [0.1, 0.15) is 24.1 Å². The highest BCUT2D eigenvalue weighted by atomic mass is 79.9. The fourth-order valence-corrected chi connectivity index (χ4v) is 2.46. The maximum absolute atomic E-state index is 11.1. The molecule has 0 amide bonds. The zero-order valence-electron chi connectivity index (χ0n) is 11.6. The second-order valence-corrected chi connectivity index (χ2v) is 5.76. The molecule has 0 bridgehead atoms. The van der Waals surface area contributed by atoms with Crippen molar-refractivity contribution < 1.29 is 10.0 Å². The van der Waals surface area contributed by atoms with Gasteiger partial charge in [-0.25, -0.2) is 0 Å². The van der Waals surface area contributed by atoms with E-state index in [-0.39, 0.29) is 17.5 Å². The van der Waals surface area contributed by atoms with E-state index in [1.54, 1.807) is 18.2 Å². The fourth-order valence-electron chi connectivity index (χ4n) is 2.11. The molecule has 2 aromatic rings. The second kappa shape index (κ2) is 6.13. The summed E-state index contributed by atoms with van der Waals surface area (Å²) in [5.41, 5.74) is 2.12. The van der Waals surface area contributed by atoms with Crippen LogP contribution in [0.4, 0.5) is 11.4 Å². The molecule has 1 unspecified atom stereocenters. The number of hydrogen-bond acceptors (Lipinski definition) is 4. The molecule has 1 atom stereocenters. The van der Waals surface area contributed by atoms with Crippen LogP contribution >= 0.6 is 15.9 Å². The second-order valence-electron chi connectivity index (χ2n) is 4.85. The predicted octanol–water partition coefficient (Wildman–Crippen LogP) is 4.54. The molecule has 21 heavy (non-hydrogen) atoms. The topological polar surface area (TPSA) is 75.4 Å². The van der Waals surface area contributed by atoms with E-state index in [0.29, 0.717) is 15.7 Å². The molecule has 5 nitrogen and oxygen atoms in total. The van der Waals surface area contributed by atoms with Gasteiger partial charge in [-0.05, 0) is 32.0 Å². The van der Waals surface area contributed by atoms with Crippen molar-refractivity contribution in [2.45, 2.75) is 19.9 Å². The predicted molar refractivity (Wildman–Crippen MR) is 85.7 cm³/mol. The van der Waals surface area contributed by atoms with Crippen molar-refractivity contribution >= 4 is 27.3 Å². The minimum atomic E-state index is -0.435. The van der Waals surface area contributed by atoms with Crippen molar-refractivity contribution in [1.82, 2.24) is 0 Å². The van der Waals surface area contributed by atoms with Gasteiger partial charge in [-0.3, -0.25) is 10.1 Å². The van der Waals surface area contributed by atoms with Gasteiger partial charge in [-0.1, -0.05) is 33.6 Å². The van der Waals surface area contributed by atoms with E-state index in [0.717, 1.165) is 5.56 Å². The molecule has 0 aliphatic heterocycles. The average Bonchev–Trinajstić information content (AvgIpc) is 2.43. The van der Waals surface area contributed by atoms with E-state index in [9.17, 15) is 15.2 Å². The van der Waals surface area contributed by atoms with Gasteiger partial charge in [0.1, 0.15) is 11.4 Å². The Morgan fingerprint density at radius 3 is 2.67 bits per heavy atom. The van der Waals surface area contributed by atoms with Gasteiger partial charge >= 0.3 is 0 Å². The van der Waals surface area contributed by atoms with Crippen LogP contribution in [0.2, 0.25) is 0 Å². The largest absolute Gasteiger partial charge is 0.508 e. The van der Waals surface area contributed by atoms with Gasteiger partial charge in [0, 0.05) is 16.1 Å². The Kier molecular flexibility index (Phi) is 4.47. The molecule has 2 rings (SSSR count). The minimum Gasteiger partial charge on any atom is -0.508 e. The Balaban J connectivity index is 2.33. The normalized spacial score (nSPS) is 12.0. The number of aromatic hydroxyl groups is 1. The highest BCUT2D eigenvalue weighted by Crippen LogP contribution is 2.33. The Morgan fingerprint density at radius 2 is 2.00 bits per heavy atom. The van der Waals surface area contributed by atoms with Crippen LogP contribution in [0.25, 0.3) is 0 Å². The van der Waals surface area contributed by atoms with Gasteiger partial charge in [0.05, 0.1) is 11.0 Å². The number of benzene rings is 2. The smallest absolute Gasteiger partial charge is 0.293 e. The Hall–Kier alpha value is -2.08. The summed E-state index contributed by atoms with van der Waals surface area (Å²) in [5.74, 6) is 0.167. The summed E-state index contributed by atoms with van der Waals surface area (Å²) < 4.78 is 0.644. The number of nitrogens with one attached hydrogen (secondary N) is 1.